The van der Waals surface area contributed by atoms with Crippen molar-refractivity contribution in [2.45, 2.75) is 38.5 Å². The Morgan fingerprint density at radius 2 is 2.15 bits per heavy atom. The van der Waals surface area contributed by atoms with Crippen LogP contribution in [0.3, 0.4) is 0 Å². The van der Waals surface area contributed by atoms with Crippen LogP contribution >= 0.6 is 15.9 Å². The lowest BCUT2D eigenvalue weighted by Crippen LogP contribution is -2.48. The summed E-state index contributed by atoms with van der Waals surface area (Å²) < 4.78 is 6.88. The van der Waals surface area contributed by atoms with Crippen LogP contribution in [0.2, 0.25) is 0 Å². The van der Waals surface area contributed by atoms with Crippen LogP contribution in [0.4, 0.5) is 0 Å². The first kappa shape index (κ1) is 16.0. The minimum atomic E-state index is 0.350. The van der Waals surface area contributed by atoms with E-state index in [1.54, 1.807) is 0 Å². The Hall–Kier alpha value is -0.420. The Balaban J connectivity index is 1.95. The number of rotatable bonds is 5. The molecule has 1 aromatic rings. The predicted octanol–water partition coefficient (Wildman–Crippen LogP) is 3.21. The molecule has 1 aliphatic rings. The smallest absolute Gasteiger partial charge is 0.0674 e. The minimum Gasteiger partial charge on any atom is -0.376 e. The predicted molar refractivity (Wildman–Crippen MR) is 87.0 cm³/mol. The maximum absolute atomic E-state index is 5.69. The molecular formula is C16H25BrN2O. The van der Waals surface area contributed by atoms with Crippen LogP contribution in [-0.2, 0) is 4.74 Å². The van der Waals surface area contributed by atoms with E-state index >= 15 is 0 Å². The molecule has 112 valence electrons. The molecule has 3 atom stereocenters. The second-order valence-electron chi connectivity index (χ2n) is 5.64. The second kappa shape index (κ2) is 7.55. The molecule has 20 heavy (non-hydrogen) atoms. The van der Waals surface area contributed by atoms with Gasteiger partial charge in [-0.1, -0.05) is 34.1 Å². The Kier molecular flexibility index (Phi) is 6.02. The fraction of sp³-hybridized carbons (Fsp3) is 0.625. The quantitative estimate of drug-likeness (QED) is 0.890. The van der Waals surface area contributed by atoms with Gasteiger partial charge < -0.3 is 10.1 Å². The highest BCUT2D eigenvalue weighted by atomic mass is 79.9. The van der Waals surface area contributed by atoms with Crippen LogP contribution in [0.5, 0.6) is 0 Å². The van der Waals surface area contributed by atoms with Crippen LogP contribution in [0.1, 0.15) is 31.9 Å². The van der Waals surface area contributed by atoms with Crippen LogP contribution in [0.25, 0.3) is 0 Å². The minimum absolute atomic E-state index is 0.350. The van der Waals surface area contributed by atoms with Gasteiger partial charge in [-0.2, -0.15) is 0 Å². The molecule has 1 heterocycles. The molecule has 1 aromatic carbocycles. The molecule has 2 rings (SSSR count). The van der Waals surface area contributed by atoms with Gasteiger partial charge in [-0.25, -0.2) is 0 Å². The van der Waals surface area contributed by atoms with E-state index in [4.69, 9.17) is 4.74 Å². The lowest BCUT2D eigenvalue weighted by molar-refractivity contribution is -0.0502. The van der Waals surface area contributed by atoms with Gasteiger partial charge in [0.25, 0.3) is 0 Å². The fourth-order valence-electron chi connectivity index (χ4n) is 2.79. The van der Waals surface area contributed by atoms with E-state index in [9.17, 15) is 0 Å². The Morgan fingerprint density at radius 1 is 1.40 bits per heavy atom. The van der Waals surface area contributed by atoms with Gasteiger partial charge in [0.1, 0.15) is 0 Å². The van der Waals surface area contributed by atoms with E-state index in [2.05, 4.69) is 64.3 Å². The standard InChI is InChI=1S/C16H25BrN2O/c1-12-11-20-13(2)10-19(12)9-8-16(18-3)14-6-4-5-7-15(14)17/h4-7,12-13,16,18H,8-11H2,1-3H3. The number of nitrogens with one attached hydrogen (secondary N) is 1. The molecule has 0 bridgehead atoms. The number of hydrogen-bond donors (Lipinski definition) is 1. The van der Waals surface area contributed by atoms with E-state index in [-0.39, 0.29) is 0 Å². The third kappa shape index (κ3) is 4.04. The molecule has 3 nitrogen and oxygen atoms in total. The molecule has 0 aromatic heterocycles. The van der Waals surface area contributed by atoms with E-state index in [1.807, 2.05) is 7.05 Å². The molecule has 1 fully saturated rings. The first-order chi connectivity index (χ1) is 9.61. The third-order valence-electron chi connectivity index (χ3n) is 4.07. The van der Waals surface area contributed by atoms with Crippen molar-refractivity contribution in [2.75, 3.05) is 26.7 Å². The molecule has 1 N–H and O–H groups in total. The molecule has 0 saturated carbocycles. The number of morpholine rings is 1. The summed E-state index contributed by atoms with van der Waals surface area (Å²) in [6.07, 6.45) is 1.46. The molecule has 0 spiro atoms. The number of benzene rings is 1. The third-order valence-corrected chi connectivity index (χ3v) is 4.79. The lowest BCUT2D eigenvalue weighted by Gasteiger charge is -2.37. The van der Waals surface area contributed by atoms with Gasteiger partial charge in [0.15, 0.2) is 0 Å². The Bertz CT molecular complexity index is 427. The van der Waals surface area contributed by atoms with Gasteiger partial charge in [0, 0.05) is 29.6 Å². The molecule has 1 saturated heterocycles. The topological polar surface area (TPSA) is 24.5 Å². The second-order valence-corrected chi connectivity index (χ2v) is 6.49. The zero-order valence-electron chi connectivity index (χ0n) is 12.6. The van der Waals surface area contributed by atoms with E-state index in [1.165, 1.54) is 10.0 Å². The van der Waals surface area contributed by atoms with Crippen molar-refractivity contribution >= 4 is 15.9 Å². The summed E-state index contributed by atoms with van der Waals surface area (Å²) in [5, 5.41) is 3.44. The molecule has 0 aliphatic carbocycles. The maximum Gasteiger partial charge on any atom is 0.0674 e. The van der Waals surface area contributed by atoms with Gasteiger partial charge in [-0.05, 0) is 38.9 Å². The van der Waals surface area contributed by atoms with E-state index in [0.717, 1.165) is 26.1 Å². The summed E-state index contributed by atoms with van der Waals surface area (Å²) in [6.45, 7) is 7.39. The summed E-state index contributed by atoms with van der Waals surface area (Å²) in [5.41, 5.74) is 1.34. The number of hydrogen-bond acceptors (Lipinski definition) is 3. The van der Waals surface area contributed by atoms with Crippen molar-refractivity contribution in [3.8, 4) is 0 Å². The summed E-state index contributed by atoms with van der Waals surface area (Å²) in [6, 6.07) is 9.37. The van der Waals surface area contributed by atoms with Gasteiger partial charge >= 0.3 is 0 Å². The average Bonchev–Trinajstić information content (AvgIpc) is 2.45. The van der Waals surface area contributed by atoms with Crippen molar-refractivity contribution < 1.29 is 4.74 Å². The van der Waals surface area contributed by atoms with Gasteiger partial charge in [-0.15, -0.1) is 0 Å². The van der Waals surface area contributed by atoms with Crippen LogP contribution in [0, 0.1) is 0 Å². The van der Waals surface area contributed by atoms with Crippen LogP contribution in [0.15, 0.2) is 28.7 Å². The SMILES string of the molecule is CNC(CCN1CC(C)OCC1C)c1ccccc1Br. The number of nitrogens with zero attached hydrogens (tertiary/aromatic N) is 1. The molecular weight excluding hydrogens is 316 g/mol. The molecule has 1 aliphatic heterocycles. The van der Waals surface area contributed by atoms with Crippen molar-refractivity contribution in [1.82, 2.24) is 10.2 Å². The van der Waals surface area contributed by atoms with Gasteiger partial charge in [0.2, 0.25) is 0 Å². The van der Waals surface area contributed by atoms with Crippen molar-refractivity contribution in [2.24, 2.45) is 0 Å². The number of ether oxygens (including phenoxy) is 1. The van der Waals surface area contributed by atoms with Crippen molar-refractivity contribution in [3.63, 3.8) is 0 Å². The largest absolute Gasteiger partial charge is 0.376 e. The summed E-state index contributed by atoms with van der Waals surface area (Å²) in [4.78, 5) is 2.54. The fourth-order valence-corrected chi connectivity index (χ4v) is 3.35. The molecule has 4 heteroatoms. The summed E-state index contributed by atoms with van der Waals surface area (Å²) >= 11 is 3.65. The maximum atomic E-state index is 5.69. The van der Waals surface area contributed by atoms with Gasteiger partial charge in [0.05, 0.1) is 12.7 Å². The van der Waals surface area contributed by atoms with Crippen LogP contribution < -0.4 is 5.32 Å². The zero-order chi connectivity index (χ0) is 14.5. The molecule has 3 unspecified atom stereocenters. The van der Waals surface area contributed by atoms with E-state index < -0.39 is 0 Å². The van der Waals surface area contributed by atoms with Crippen molar-refractivity contribution in [1.29, 1.82) is 0 Å². The summed E-state index contributed by atoms with van der Waals surface area (Å²) in [7, 11) is 2.04. The normalized spacial score (nSPS) is 25.6. The van der Waals surface area contributed by atoms with Crippen molar-refractivity contribution in [3.05, 3.63) is 34.3 Å². The highest BCUT2D eigenvalue weighted by Gasteiger charge is 2.24. The van der Waals surface area contributed by atoms with Crippen LogP contribution in [-0.4, -0.2) is 43.8 Å². The lowest BCUT2D eigenvalue weighted by atomic mass is 10.0. The number of halogens is 1. The van der Waals surface area contributed by atoms with E-state index in [0.29, 0.717) is 18.2 Å². The molecule has 0 amide bonds. The monoisotopic (exact) mass is 340 g/mol. The average molecular weight is 341 g/mol. The first-order valence-electron chi connectivity index (χ1n) is 7.39. The molecule has 0 radical (unpaired) electrons. The van der Waals surface area contributed by atoms with Gasteiger partial charge in [-0.3, -0.25) is 4.90 Å². The Morgan fingerprint density at radius 3 is 2.85 bits per heavy atom. The highest BCUT2D eigenvalue weighted by molar-refractivity contribution is 9.10. The summed E-state index contributed by atoms with van der Waals surface area (Å²) in [5.74, 6) is 0. The first-order valence-corrected chi connectivity index (χ1v) is 8.18. The Labute approximate surface area is 130 Å². The zero-order valence-corrected chi connectivity index (χ0v) is 14.2. The highest BCUT2D eigenvalue weighted by Crippen LogP contribution is 2.26.